The molecule has 1 unspecified atom stereocenters. The van der Waals surface area contributed by atoms with Crippen LogP contribution in [0.25, 0.3) is 0 Å². The average Bonchev–Trinajstić information content (AvgIpc) is 2.37. The number of carboxylic acids is 1. The highest BCUT2D eigenvalue weighted by Gasteiger charge is 2.26. The van der Waals surface area contributed by atoms with Crippen LogP contribution in [0.2, 0.25) is 0 Å². The largest absolute Gasteiger partial charge is 0.481 e. The lowest BCUT2D eigenvalue weighted by Gasteiger charge is -2.32. The summed E-state index contributed by atoms with van der Waals surface area (Å²) in [5.41, 5.74) is 6.78. The number of hydrogen-bond donors (Lipinski definition) is 2. The normalized spacial score (nSPS) is 18.9. The molecule has 1 aromatic carbocycles. The molecule has 1 fully saturated rings. The van der Waals surface area contributed by atoms with Gasteiger partial charge in [-0.1, -0.05) is 15.9 Å². The highest BCUT2D eigenvalue weighted by atomic mass is 79.9. The standard InChI is InChI=1S/C14H17BrN2O3/c15-10-3-4-11(12(16)7-10)14(20)17-5-1-2-9(8-17)6-13(18)19/h3-4,7,9H,1-2,5-6,8,16H2,(H,18,19). The highest BCUT2D eigenvalue weighted by molar-refractivity contribution is 9.10. The first-order valence-corrected chi connectivity index (χ1v) is 7.32. The molecule has 0 saturated carbocycles. The number of halogens is 1. The molecule has 6 heteroatoms. The molecule has 1 aliphatic rings. The van der Waals surface area contributed by atoms with Crippen LogP contribution in [0.15, 0.2) is 22.7 Å². The Morgan fingerprint density at radius 1 is 1.45 bits per heavy atom. The summed E-state index contributed by atoms with van der Waals surface area (Å²) in [6.07, 6.45) is 1.80. The number of piperidine rings is 1. The Morgan fingerprint density at radius 2 is 2.20 bits per heavy atom. The number of nitrogen functional groups attached to an aromatic ring is 1. The smallest absolute Gasteiger partial charge is 0.303 e. The van der Waals surface area contributed by atoms with E-state index in [2.05, 4.69) is 15.9 Å². The summed E-state index contributed by atoms with van der Waals surface area (Å²) >= 11 is 3.31. The summed E-state index contributed by atoms with van der Waals surface area (Å²) in [6, 6.07) is 5.18. The molecular formula is C14H17BrN2O3. The lowest BCUT2D eigenvalue weighted by atomic mass is 9.94. The molecular weight excluding hydrogens is 324 g/mol. The van der Waals surface area contributed by atoms with Crippen molar-refractivity contribution in [1.82, 2.24) is 4.90 Å². The lowest BCUT2D eigenvalue weighted by Crippen LogP contribution is -2.40. The van der Waals surface area contributed by atoms with Gasteiger partial charge in [-0.2, -0.15) is 0 Å². The van der Waals surface area contributed by atoms with Crippen LogP contribution in [0.5, 0.6) is 0 Å². The van der Waals surface area contributed by atoms with E-state index in [0.29, 0.717) is 24.3 Å². The van der Waals surface area contributed by atoms with Crippen molar-refractivity contribution in [2.45, 2.75) is 19.3 Å². The maximum atomic E-state index is 12.4. The van der Waals surface area contributed by atoms with Crippen molar-refractivity contribution < 1.29 is 14.7 Å². The number of aliphatic carboxylic acids is 1. The van der Waals surface area contributed by atoms with Gasteiger partial charge in [0.25, 0.3) is 5.91 Å². The fourth-order valence-corrected chi connectivity index (χ4v) is 2.94. The van der Waals surface area contributed by atoms with Crippen LogP contribution in [-0.2, 0) is 4.79 Å². The number of benzene rings is 1. The van der Waals surface area contributed by atoms with Crippen molar-refractivity contribution in [3.8, 4) is 0 Å². The zero-order chi connectivity index (χ0) is 14.7. The van der Waals surface area contributed by atoms with Crippen LogP contribution >= 0.6 is 15.9 Å². The van der Waals surface area contributed by atoms with Gasteiger partial charge in [0.15, 0.2) is 0 Å². The number of amides is 1. The minimum Gasteiger partial charge on any atom is -0.481 e. The van der Waals surface area contributed by atoms with E-state index in [1.165, 1.54) is 0 Å². The maximum absolute atomic E-state index is 12.4. The van der Waals surface area contributed by atoms with Crippen LogP contribution in [-0.4, -0.2) is 35.0 Å². The number of hydrogen-bond acceptors (Lipinski definition) is 3. The molecule has 2 rings (SSSR count). The van der Waals surface area contributed by atoms with Crippen molar-refractivity contribution in [3.05, 3.63) is 28.2 Å². The quantitative estimate of drug-likeness (QED) is 0.827. The number of carbonyl (C=O) groups excluding carboxylic acids is 1. The summed E-state index contributed by atoms with van der Waals surface area (Å²) in [7, 11) is 0. The third kappa shape index (κ3) is 3.50. The number of likely N-dealkylation sites (tertiary alicyclic amines) is 1. The second-order valence-electron chi connectivity index (χ2n) is 5.09. The van der Waals surface area contributed by atoms with E-state index >= 15 is 0 Å². The number of anilines is 1. The van der Waals surface area contributed by atoms with Gasteiger partial charge < -0.3 is 15.7 Å². The van der Waals surface area contributed by atoms with Gasteiger partial charge in [-0.15, -0.1) is 0 Å². The Labute approximate surface area is 125 Å². The van der Waals surface area contributed by atoms with Crippen molar-refractivity contribution in [3.63, 3.8) is 0 Å². The van der Waals surface area contributed by atoms with Crippen molar-refractivity contribution in [1.29, 1.82) is 0 Å². The second-order valence-corrected chi connectivity index (χ2v) is 6.00. The van der Waals surface area contributed by atoms with Crippen LogP contribution in [0.1, 0.15) is 29.6 Å². The van der Waals surface area contributed by atoms with Gasteiger partial charge in [-0.25, -0.2) is 0 Å². The molecule has 0 radical (unpaired) electrons. The number of nitrogens with zero attached hydrogens (tertiary/aromatic N) is 1. The Bertz CT molecular complexity index is 533. The third-order valence-corrected chi connectivity index (χ3v) is 4.01. The van der Waals surface area contributed by atoms with Crippen LogP contribution in [0.3, 0.4) is 0 Å². The van der Waals surface area contributed by atoms with E-state index in [1.54, 1.807) is 23.1 Å². The highest BCUT2D eigenvalue weighted by Crippen LogP contribution is 2.24. The van der Waals surface area contributed by atoms with Crippen molar-refractivity contribution in [2.75, 3.05) is 18.8 Å². The zero-order valence-corrected chi connectivity index (χ0v) is 12.6. The fraction of sp³-hybridized carbons (Fsp3) is 0.429. The fourth-order valence-electron chi connectivity index (χ4n) is 2.56. The lowest BCUT2D eigenvalue weighted by molar-refractivity contribution is -0.138. The second kappa shape index (κ2) is 6.26. The SMILES string of the molecule is Nc1cc(Br)ccc1C(=O)N1CCCC(CC(=O)O)C1. The summed E-state index contributed by atoms with van der Waals surface area (Å²) in [5.74, 6) is -0.903. The van der Waals surface area contributed by atoms with E-state index < -0.39 is 5.97 Å². The van der Waals surface area contributed by atoms with E-state index in [4.69, 9.17) is 10.8 Å². The van der Waals surface area contributed by atoms with Crippen LogP contribution in [0.4, 0.5) is 5.69 Å². The molecule has 1 amide bonds. The van der Waals surface area contributed by atoms with E-state index in [9.17, 15) is 9.59 Å². The summed E-state index contributed by atoms with van der Waals surface area (Å²) < 4.78 is 0.828. The summed E-state index contributed by atoms with van der Waals surface area (Å²) in [4.78, 5) is 24.9. The number of rotatable bonds is 3. The first-order chi connectivity index (χ1) is 9.47. The molecule has 5 nitrogen and oxygen atoms in total. The average molecular weight is 341 g/mol. The summed E-state index contributed by atoms with van der Waals surface area (Å²) in [5, 5.41) is 8.85. The van der Waals surface area contributed by atoms with Crippen LogP contribution < -0.4 is 5.73 Å². The van der Waals surface area contributed by atoms with Gasteiger partial charge in [-0.05, 0) is 37.0 Å². The number of nitrogens with two attached hydrogens (primary N) is 1. The van der Waals surface area contributed by atoms with Gasteiger partial charge in [0.1, 0.15) is 0 Å². The monoisotopic (exact) mass is 340 g/mol. The molecule has 20 heavy (non-hydrogen) atoms. The molecule has 0 aromatic heterocycles. The van der Waals surface area contributed by atoms with Crippen molar-refractivity contribution in [2.24, 2.45) is 5.92 Å². The zero-order valence-electron chi connectivity index (χ0n) is 11.0. The molecule has 0 spiro atoms. The molecule has 3 N–H and O–H groups in total. The molecule has 1 aliphatic heterocycles. The first-order valence-electron chi connectivity index (χ1n) is 6.53. The number of carboxylic acid groups (broad SMARTS) is 1. The maximum Gasteiger partial charge on any atom is 0.303 e. The molecule has 1 heterocycles. The molecule has 1 aromatic rings. The minimum atomic E-state index is -0.813. The Balaban J connectivity index is 2.10. The molecule has 108 valence electrons. The van der Waals surface area contributed by atoms with Gasteiger partial charge >= 0.3 is 5.97 Å². The molecule has 1 saturated heterocycles. The molecule has 0 bridgehead atoms. The Hall–Kier alpha value is -1.56. The molecule has 1 atom stereocenters. The van der Waals surface area contributed by atoms with Gasteiger partial charge in [0.2, 0.25) is 0 Å². The third-order valence-electron chi connectivity index (χ3n) is 3.51. The predicted octanol–water partition coefficient (Wildman–Crippen LogP) is 2.36. The van der Waals surface area contributed by atoms with Crippen LogP contribution in [0, 0.1) is 5.92 Å². The number of carbonyl (C=O) groups is 2. The van der Waals surface area contributed by atoms with E-state index in [-0.39, 0.29) is 18.2 Å². The van der Waals surface area contributed by atoms with E-state index in [1.807, 2.05) is 0 Å². The van der Waals surface area contributed by atoms with Crippen molar-refractivity contribution >= 4 is 33.5 Å². The first kappa shape index (κ1) is 14.8. The summed E-state index contributed by atoms with van der Waals surface area (Å²) in [6.45, 7) is 1.14. The minimum absolute atomic E-state index is 0.0295. The topological polar surface area (TPSA) is 83.6 Å². The molecule has 0 aliphatic carbocycles. The van der Waals surface area contributed by atoms with Gasteiger partial charge in [-0.3, -0.25) is 9.59 Å². The predicted molar refractivity (Wildman–Crippen MR) is 79.4 cm³/mol. The Morgan fingerprint density at radius 3 is 2.85 bits per heavy atom. The Kier molecular flexibility index (Phi) is 4.65. The van der Waals surface area contributed by atoms with Gasteiger partial charge in [0.05, 0.1) is 5.56 Å². The van der Waals surface area contributed by atoms with E-state index in [0.717, 1.165) is 17.3 Å². The van der Waals surface area contributed by atoms with Gasteiger partial charge in [0, 0.05) is 29.7 Å².